The van der Waals surface area contributed by atoms with Crippen LogP contribution in [0.1, 0.15) is 10.6 Å². The first kappa shape index (κ1) is 20.2. The van der Waals surface area contributed by atoms with Crippen LogP contribution >= 0.6 is 11.3 Å². The highest BCUT2D eigenvalue weighted by Gasteiger charge is 2.13. The second-order valence-corrected chi connectivity index (χ2v) is 6.74. The van der Waals surface area contributed by atoms with E-state index in [4.69, 9.17) is 18.9 Å². The average Bonchev–Trinajstić information content (AvgIpc) is 3.26. The molecule has 0 amide bonds. The molecule has 0 atom stereocenters. The Labute approximate surface area is 173 Å². The molecule has 0 aliphatic carbocycles. The first-order valence-corrected chi connectivity index (χ1v) is 9.53. The van der Waals surface area contributed by atoms with Crippen LogP contribution < -0.4 is 18.9 Å². The zero-order valence-electron chi connectivity index (χ0n) is 16.6. The van der Waals surface area contributed by atoms with Gasteiger partial charge in [0.1, 0.15) is 22.6 Å². The summed E-state index contributed by atoms with van der Waals surface area (Å²) >= 11 is 1.40. The molecule has 2 aromatic carbocycles. The Morgan fingerprint density at radius 2 is 1.69 bits per heavy atom. The Morgan fingerprint density at radius 3 is 2.34 bits per heavy atom. The van der Waals surface area contributed by atoms with Crippen LogP contribution in [0.5, 0.6) is 23.0 Å². The monoisotopic (exact) mass is 408 g/mol. The zero-order valence-corrected chi connectivity index (χ0v) is 17.4. The van der Waals surface area contributed by atoms with Crippen LogP contribution in [0, 0.1) is 11.3 Å². The minimum Gasteiger partial charge on any atom is -0.497 e. The summed E-state index contributed by atoms with van der Waals surface area (Å²) in [6.07, 6.45) is 1.76. The van der Waals surface area contributed by atoms with Gasteiger partial charge < -0.3 is 18.9 Å². The van der Waals surface area contributed by atoms with Crippen LogP contribution in [0.3, 0.4) is 0 Å². The number of nitrogens with zero attached hydrogens (tertiary/aromatic N) is 2. The number of thiazole rings is 1. The van der Waals surface area contributed by atoms with Gasteiger partial charge in [-0.15, -0.1) is 11.3 Å². The standard InChI is InChI=1S/C22H20N2O4S/c1-25-17-7-5-15(20(11-17)27-3)9-16(12-23)22-24-18(13-29-22)14-6-8-19(26-2)21(10-14)28-4/h5-11,13H,1-4H3/b16-9-. The number of allylic oxidation sites excluding steroid dienone is 1. The molecule has 148 valence electrons. The number of ether oxygens (including phenoxy) is 4. The average molecular weight is 408 g/mol. The van der Waals surface area contributed by atoms with Crippen LogP contribution in [0.2, 0.25) is 0 Å². The van der Waals surface area contributed by atoms with Gasteiger partial charge in [-0.1, -0.05) is 0 Å². The fourth-order valence-electron chi connectivity index (χ4n) is 2.76. The number of benzene rings is 2. The Balaban J connectivity index is 1.96. The number of hydrogen-bond donors (Lipinski definition) is 0. The lowest BCUT2D eigenvalue weighted by Crippen LogP contribution is -1.91. The maximum absolute atomic E-state index is 9.68. The Bertz CT molecular complexity index is 1080. The maximum Gasteiger partial charge on any atom is 0.161 e. The third-order valence-electron chi connectivity index (χ3n) is 4.27. The summed E-state index contributed by atoms with van der Waals surface area (Å²) in [6.45, 7) is 0. The van der Waals surface area contributed by atoms with E-state index < -0.39 is 0 Å². The summed E-state index contributed by atoms with van der Waals surface area (Å²) in [7, 11) is 6.36. The SMILES string of the molecule is COc1ccc(/C=C(/C#N)c2nc(-c3ccc(OC)c(OC)c3)cs2)c(OC)c1. The number of nitriles is 1. The van der Waals surface area contributed by atoms with Crippen molar-refractivity contribution in [2.24, 2.45) is 0 Å². The molecule has 0 spiro atoms. The molecule has 0 N–H and O–H groups in total. The lowest BCUT2D eigenvalue weighted by atomic mass is 10.1. The fourth-order valence-corrected chi connectivity index (χ4v) is 3.56. The van der Waals surface area contributed by atoms with Crippen LogP contribution in [0.4, 0.5) is 0 Å². The molecule has 0 radical (unpaired) electrons. The normalized spacial score (nSPS) is 10.9. The molecule has 7 heteroatoms. The minimum atomic E-state index is 0.449. The Hall–Kier alpha value is -3.50. The Kier molecular flexibility index (Phi) is 6.37. The van der Waals surface area contributed by atoms with E-state index in [-0.39, 0.29) is 0 Å². The molecule has 0 saturated carbocycles. The fraction of sp³-hybridized carbons (Fsp3) is 0.182. The molecule has 0 aliphatic rings. The molecule has 3 aromatic rings. The van der Waals surface area contributed by atoms with Crippen molar-refractivity contribution >= 4 is 23.0 Å². The Morgan fingerprint density at radius 1 is 0.931 bits per heavy atom. The van der Waals surface area contributed by atoms with Gasteiger partial charge in [-0.3, -0.25) is 0 Å². The van der Waals surface area contributed by atoms with Crippen molar-refractivity contribution in [1.29, 1.82) is 5.26 Å². The van der Waals surface area contributed by atoms with E-state index in [1.165, 1.54) is 11.3 Å². The summed E-state index contributed by atoms with van der Waals surface area (Å²) < 4.78 is 21.3. The highest BCUT2D eigenvalue weighted by Crippen LogP contribution is 2.34. The van der Waals surface area contributed by atoms with Crippen LogP contribution in [-0.2, 0) is 0 Å². The number of hydrogen-bond acceptors (Lipinski definition) is 7. The minimum absolute atomic E-state index is 0.449. The molecule has 0 saturated heterocycles. The van der Waals surface area contributed by atoms with E-state index in [0.717, 1.165) is 16.8 Å². The third-order valence-corrected chi connectivity index (χ3v) is 5.15. The van der Waals surface area contributed by atoms with Gasteiger partial charge in [0.15, 0.2) is 11.5 Å². The first-order valence-electron chi connectivity index (χ1n) is 8.65. The van der Waals surface area contributed by atoms with Crippen molar-refractivity contribution < 1.29 is 18.9 Å². The van der Waals surface area contributed by atoms with Gasteiger partial charge in [0.25, 0.3) is 0 Å². The van der Waals surface area contributed by atoms with Gasteiger partial charge in [-0.25, -0.2) is 4.98 Å². The van der Waals surface area contributed by atoms with Crippen molar-refractivity contribution in [2.75, 3.05) is 28.4 Å². The van der Waals surface area contributed by atoms with Crippen LogP contribution in [0.15, 0.2) is 41.8 Å². The quantitative estimate of drug-likeness (QED) is 0.517. The number of aromatic nitrogens is 1. The van der Waals surface area contributed by atoms with E-state index in [9.17, 15) is 5.26 Å². The molecular formula is C22H20N2O4S. The molecule has 0 fully saturated rings. The largest absolute Gasteiger partial charge is 0.497 e. The lowest BCUT2D eigenvalue weighted by molar-refractivity contribution is 0.355. The van der Waals surface area contributed by atoms with E-state index in [0.29, 0.717) is 33.6 Å². The predicted octanol–water partition coefficient (Wildman–Crippen LogP) is 4.91. The molecule has 3 rings (SSSR count). The summed E-state index contributed by atoms with van der Waals surface area (Å²) in [5.41, 5.74) is 2.86. The molecule has 1 heterocycles. The highest BCUT2D eigenvalue weighted by molar-refractivity contribution is 7.11. The van der Waals surface area contributed by atoms with Crippen molar-refractivity contribution in [1.82, 2.24) is 4.98 Å². The summed E-state index contributed by atoms with van der Waals surface area (Å²) in [5, 5.41) is 12.2. The molecule has 6 nitrogen and oxygen atoms in total. The van der Waals surface area contributed by atoms with E-state index >= 15 is 0 Å². The number of rotatable bonds is 7. The van der Waals surface area contributed by atoms with Gasteiger partial charge in [0, 0.05) is 22.6 Å². The first-order chi connectivity index (χ1) is 14.1. The molecule has 29 heavy (non-hydrogen) atoms. The van der Waals surface area contributed by atoms with Gasteiger partial charge >= 0.3 is 0 Å². The lowest BCUT2D eigenvalue weighted by Gasteiger charge is -2.08. The molecule has 0 unspecified atom stereocenters. The molecule has 1 aromatic heterocycles. The smallest absolute Gasteiger partial charge is 0.161 e. The highest BCUT2D eigenvalue weighted by atomic mass is 32.1. The van der Waals surface area contributed by atoms with Crippen LogP contribution in [-0.4, -0.2) is 33.4 Å². The third kappa shape index (κ3) is 4.33. The molecular weight excluding hydrogens is 388 g/mol. The molecule has 0 aliphatic heterocycles. The summed E-state index contributed by atoms with van der Waals surface area (Å²) in [4.78, 5) is 4.63. The van der Waals surface area contributed by atoms with Gasteiger partial charge in [-0.05, 0) is 36.4 Å². The van der Waals surface area contributed by atoms with Gasteiger partial charge in [-0.2, -0.15) is 5.26 Å². The van der Waals surface area contributed by atoms with Crippen molar-refractivity contribution in [3.63, 3.8) is 0 Å². The van der Waals surface area contributed by atoms with Gasteiger partial charge in [0.05, 0.1) is 39.7 Å². The van der Waals surface area contributed by atoms with E-state index in [1.54, 1.807) is 40.6 Å². The van der Waals surface area contributed by atoms with E-state index in [2.05, 4.69) is 11.1 Å². The van der Waals surface area contributed by atoms with Gasteiger partial charge in [0.2, 0.25) is 0 Å². The maximum atomic E-state index is 9.68. The van der Waals surface area contributed by atoms with E-state index in [1.807, 2.05) is 35.7 Å². The van der Waals surface area contributed by atoms with Crippen molar-refractivity contribution in [3.05, 3.63) is 52.3 Å². The summed E-state index contributed by atoms with van der Waals surface area (Å²) in [6, 6.07) is 13.3. The predicted molar refractivity (Wildman–Crippen MR) is 114 cm³/mol. The summed E-state index contributed by atoms with van der Waals surface area (Å²) in [5.74, 6) is 2.57. The molecule has 0 bridgehead atoms. The topological polar surface area (TPSA) is 73.6 Å². The second kappa shape index (κ2) is 9.13. The second-order valence-electron chi connectivity index (χ2n) is 5.89. The van der Waals surface area contributed by atoms with Crippen molar-refractivity contribution in [3.8, 4) is 40.3 Å². The number of methoxy groups -OCH3 is 4. The van der Waals surface area contributed by atoms with Crippen LogP contribution in [0.25, 0.3) is 22.9 Å². The zero-order chi connectivity index (χ0) is 20.8. The van der Waals surface area contributed by atoms with Crippen molar-refractivity contribution in [2.45, 2.75) is 0 Å².